The first-order valence-electron chi connectivity index (χ1n) is 16.8. The minimum Gasteiger partial charge on any atom is -0.462 e. The molecular formula is C36H52O6S. The van der Waals surface area contributed by atoms with Gasteiger partial charge in [0.05, 0.1) is 23.7 Å². The summed E-state index contributed by atoms with van der Waals surface area (Å²) in [5, 5.41) is 0. The zero-order valence-corrected chi connectivity index (χ0v) is 27.8. The molecule has 1 aromatic rings. The van der Waals surface area contributed by atoms with Crippen LogP contribution in [0.4, 0.5) is 0 Å². The first kappa shape index (κ1) is 31.3. The van der Waals surface area contributed by atoms with Crippen LogP contribution in [0.5, 0.6) is 0 Å². The molecule has 4 aliphatic carbocycles. The van der Waals surface area contributed by atoms with Gasteiger partial charge in [0.25, 0.3) is 10.1 Å². The van der Waals surface area contributed by atoms with Crippen LogP contribution in [0.2, 0.25) is 0 Å². The number of esters is 1. The van der Waals surface area contributed by atoms with Crippen molar-refractivity contribution in [2.45, 2.75) is 123 Å². The largest absolute Gasteiger partial charge is 0.462 e. The van der Waals surface area contributed by atoms with E-state index in [1.165, 1.54) is 26.2 Å². The molecule has 0 spiro atoms. The lowest BCUT2D eigenvalue weighted by molar-refractivity contribution is -0.148. The summed E-state index contributed by atoms with van der Waals surface area (Å²) >= 11 is 0. The molecule has 0 radical (unpaired) electrons. The van der Waals surface area contributed by atoms with Gasteiger partial charge < -0.3 is 9.47 Å². The minimum atomic E-state index is -3.74. The Balaban J connectivity index is 1.05. The van der Waals surface area contributed by atoms with E-state index in [4.69, 9.17) is 13.7 Å². The molecule has 4 fully saturated rings. The standard InChI is InChI=1S/C36H52O6S/c1-22-7-11-28(12-8-22)43(38,39)40-21-23(2)9-14-32-24(3)34-33(42-32)20-31-29-13-10-26-19-27(41-25(4)37)15-17-35(26,5)30(29)16-18-36(31,34)6/h7-8,10-12,23-24,27,29-34H,9,13-21H2,1-6H3/t23-,24+,27-,29+,30-,31-,32+,33-,34-,35-,36-/m0/s1. The minimum absolute atomic E-state index is 0.0473. The van der Waals surface area contributed by atoms with E-state index in [0.717, 1.165) is 44.1 Å². The van der Waals surface area contributed by atoms with E-state index >= 15 is 0 Å². The molecule has 6 nitrogen and oxygen atoms in total. The van der Waals surface area contributed by atoms with Crippen molar-refractivity contribution in [3.8, 4) is 0 Å². The van der Waals surface area contributed by atoms with Gasteiger partial charge in [-0.05, 0) is 117 Å². The molecule has 5 aliphatic rings. The van der Waals surface area contributed by atoms with Crippen LogP contribution in [-0.4, -0.2) is 39.3 Å². The highest BCUT2D eigenvalue weighted by atomic mass is 32.2. The number of carbonyl (C=O) groups is 1. The van der Waals surface area contributed by atoms with Crippen molar-refractivity contribution < 1.29 is 26.9 Å². The average Bonchev–Trinajstić information content (AvgIpc) is 3.43. The zero-order valence-electron chi connectivity index (χ0n) is 27.0. The molecule has 1 saturated heterocycles. The summed E-state index contributed by atoms with van der Waals surface area (Å²) in [6.45, 7) is 13.2. The van der Waals surface area contributed by atoms with Gasteiger partial charge in [0.2, 0.25) is 0 Å². The van der Waals surface area contributed by atoms with E-state index in [1.54, 1.807) is 29.8 Å². The van der Waals surface area contributed by atoms with Crippen molar-refractivity contribution in [1.29, 1.82) is 0 Å². The lowest BCUT2D eigenvalue weighted by atomic mass is 9.47. The molecule has 6 rings (SSSR count). The molecule has 11 atom stereocenters. The Labute approximate surface area is 259 Å². The van der Waals surface area contributed by atoms with Gasteiger partial charge in [-0.25, -0.2) is 0 Å². The third-order valence-corrected chi connectivity index (χ3v) is 14.0. The number of fused-ring (bicyclic) bond motifs is 7. The molecular weight excluding hydrogens is 560 g/mol. The molecule has 43 heavy (non-hydrogen) atoms. The van der Waals surface area contributed by atoms with Gasteiger partial charge in [0, 0.05) is 13.3 Å². The van der Waals surface area contributed by atoms with Gasteiger partial charge in [-0.15, -0.1) is 0 Å². The molecule has 0 N–H and O–H groups in total. The summed E-state index contributed by atoms with van der Waals surface area (Å²) in [5.74, 6) is 3.20. The summed E-state index contributed by atoms with van der Waals surface area (Å²) in [4.78, 5) is 11.8. The van der Waals surface area contributed by atoms with Crippen LogP contribution in [0.15, 0.2) is 40.8 Å². The van der Waals surface area contributed by atoms with Gasteiger partial charge in [0.15, 0.2) is 0 Å². The number of rotatable bonds is 8. The molecule has 238 valence electrons. The van der Waals surface area contributed by atoms with Gasteiger partial charge in [-0.1, -0.05) is 57.0 Å². The van der Waals surface area contributed by atoms with Crippen LogP contribution >= 0.6 is 0 Å². The highest BCUT2D eigenvalue weighted by molar-refractivity contribution is 7.86. The fraction of sp³-hybridized carbons (Fsp3) is 0.750. The number of carbonyl (C=O) groups excluding carboxylic acids is 1. The molecule has 0 bridgehead atoms. The number of benzene rings is 1. The van der Waals surface area contributed by atoms with Gasteiger partial charge in [0.1, 0.15) is 6.10 Å². The third-order valence-electron chi connectivity index (χ3n) is 12.7. The monoisotopic (exact) mass is 612 g/mol. The normalized spacial score (nSPS) is 40.9. The van der Waals surface area contributed by atoms with E-state index in [0.29, 0.717) is 41.1 Å². The van der Waals surface area contributed by atoms with Crippen molar-refractivity contribution in [3.05, 3.63) is 41.5 Å². The van der Waals surface area contributed by atoms with Gasteiger partial charge in [-0.2, -0.15) is 8.42 Å². The topological polar surface area (TPSA) is 78.9 Å². The Morgan fingerprint density at radius 3 is 2.58 bits per heavy atom. The van der Waals surface area contributed by atoms with Crippen molar-refractivity contribution in [2.75, 3.05) is 6.61 Å². The van der Waals surface area contributed by atoms with Crippen LogP contribution < -0.4 is 0 Å². The molecule has 3 saturated carbocycles. The summed E-state index contributed by atoms with van der Waals surface area (Å²) in [6, 6.07) is 6.83. The maximum atomic E-state index is 12.6. The maximum Gasteiger partial charge on any atom is 0.302 e. The lowest BCUT2D eigenvalue weighted by Crippen LogP contribution is -2.51. The Morgan fingerprint density at radius 1 is 1.12 bits per heavy atom. The van der Waals surface area contributed by atoms with Crippen LogP contribution in [0.3, 0.4) is 0 Å². The van der Waals surface area contributed by atoms with Crippen LogP contribution in [0.25, 0.3) is 0 Å². The Morgan fingerprint density at radius 2 is 1.86 bits per heavy atom. The van der Waals surface area contributed by atoms with Crippen LogP contribution in [-0.2, 0) is 28.6 Å². The van der Waals surface area contributed by atoms with Gasteiger partial charge >= 0.3 is 5.97 Å². The number of hydrogen-bond donors (Lipinski definition) is 0. The molecule has 0 unspecified atom stereocenters. The predicted molar refractivity (Wildman–Crippen MR) is 167 cm³/mol. The second-order valence-electron chi connectivity index (χ2n) is 15.3. The number of hydrogen-bond acceptors (Lipinski definition) is 6. The molecule has 1 aliphatic heterocycles. The average molecular weight is 613 g/mol. The van der Waals surface area contributed by atoms with E-state index < -0.39 is 10.1 Å². The number of aryl methyl sites for hydroxylation is 1. The molecule has 1 aromatic carbocycles. The Kier molecular flexibility index (Phi) is 8.43. The van der Waals surface area contributed by atoms with E-state index in [9.17, 15) is 13.2 Å². The second kappa shape index (κ2) is 11.6. The quantitative estimate of drug-likeness (QED) is 0.171. The predicted octanol–water partition coefficient (Wildman–Crippen LogP) is 7.64. The number of ether oxygens (including phenoxy) is 2. The fourth-order valence-corrected chi connectivity index (χ4v) is 11.5. The van der Waals surface area contributed by atoms with Crippen molar-refractivity contribution >= 4 is 16.1 Å². The smallest absolute Gasteiger partial charge is 0.302 e. The SMILES string of the molecule is CC(=O)O[C@H]1CC[C@@]2(C)C(=CC[C@H]3[C@@H]4C[C@@H]5O[C@H](CC[C@H](C)COS(=O)(=O)c6ccc(C)cc6)[C@@H](C)[C@@H]5[C@@]4(C)CC[C@@H]32)C1. The summed E-state index contributed by atoms with van der Waals surface area (Å²) < 4.78 is 43.2. The Bertz CT molecular complexity index is 1340. The van der Waals surface area contributed by atoms with E-state index in [-0.39, 0.29) is 41.0 Å². The van der Waals surface area contributed by atoms with E-state index in [2.05, 4.69) is 33.8 Å². The van der Waals surface area contributed by atoms with Crippen LogP contribution in [0.1, 0.15) is 98.0 Å². The van der Waals surface area contributed by atoms with Crippen molar-refractivity contribution in [3.63, 3.8) is 0 Å². The number of allylic oxidation sites excluding steroid dienone is 1. The highest BCUT2D eigenvalue weighted by Crippen LogP contribution is 2.69. The second-order valence-corrected chi connectivity index (χ2v) is 17.0. The summed E-state index contributed by atoms with van der Waals surface area (Å²) in [7, 11) is -3.74. The van der Waals surface area contributed by atoms with Crippen LogP contribution in [0, 0.1) is 53.3 Å². The molecule has 0 aromatic heterocycles. The van der Waals surface area contributed by atoms with Crippen molar-refractivity contribution in [1.82, 2.24) is 0 Å². The molecule has 7 heteroatoms. The lowest BCUT2D eigenvalue weighted by Gasteiger charge is -2.58. The maximum absolute atomic E-state index is 12.6. The first-order chi connectivity index (χ1) is 20.3. The summed E-state index contributed by atoms with van der Waals surface area (Å²) in [5.41, 5.74) is 3.11. The summed E-state index contributed by atoms with van der Waals surface area (Å²) in [6.07, 6.45) is 12.9. The molecule has 0 amide bonds. The Hall–Kier alpha value is -1.70. The first-order valence-corrected chi connectivity index (χ1v) is 18.2. The third kappa shape index (κ3) is 5.65. The zero-order chi connectivity index (χ0) is 30.7. The highest BCUT2D eigenvalue weighted by Gasteiger charge is 2.65. The fourth-order valence-electron chi connectivity index (χ4n) is 10.5. The van der Waals surface area contributed by atoms with E-state index in [1.807, 2.05) is 6.92 Å². The molecule has 1 heterocycles. The van der Waals surface area contributed by atoms with Gasteiger partial charge in [-0.3, -0.25) is 8.98 Å². The van der Waals surface area contributed by atoms with Crippen molar-refractivity contribution in [2.24, 2.45) is 46.3 Å².